The monoisotopic (exact) mass is 324 g/mol. The topological polar surface area (TPSA) is 53.0 Å². The summed E-state index contributed by atoms with van der Waals surface area (Å²) in [5.74, 6) is 0.373. The molecule has 0 aliphatic carbocycles. The predicted octanol–water partition coefficient (Wildman–Crippen LogP) is 2.42. The molecule has 1 N–H and O–H groups in total. The SMILES string of the molecule is COc1cc2c(cc1O)N(C)C[C@@H]1Cc3ccccc3CN1C2=O. The van der Waals surface area contributed by atoms with Crippen LogP contribution in [-0.4, -0.2) is 42.7 Å². The fourth-order valence-electron chi connectivity index (χ4n) is 3.77. The number of ether oxygens (including phenoxy) is 1. The summed E-state index contributed by atoms with van der Waals surface area (Å²) in [5, 5.41) is 10.1. The molecule has 0 saturated carbocycles. The number of rotatable bonds is 1. The number of benzene rings is 2. The minimum absolute atomic E-state index is 0.00727. The molecule has 0 spiro atoms. The van der Waals surface area contributed by atoms with Gasteiger partial charge in [0, 0.05) is 26.2 Å². The lowest BCUT2D eigenvalue weighted by Crippen LogP contribution is -2.47. The van der Waals surface area contributed by atoms with Crippen LogP contribution in [0.15, 0.2) is 36.4 Å². The number of methoxy groups -OCH3 is 1. The normalized spacial score (nSPS) is 19.2. The van der Waals surface area contributed by atoms with E-state index < -0.39 is 0 Å². The van der Waals surface area contributed by atoms with E-state index in [9.17, 15) is 9.90 Å². The van der Waals surface area contributed by atoms with Crippen LogP contribution in [0.5, 0.6) is 11.5 Å². The first-order chi connectivity index (χ1) is 11.6. The third kappa shape index (κ3) is 2.19. The lowest BCUT2D eigenvalue weighted by Gasteiger charge is -2.36. The molecule has 0 fully saturated rings. The molecule has 1 atom stereocenters. The van der Waals surface area contributed by atoms with E-state index in [4.69, 9.17) is 4.74 Å². The number of amides is 1. The minimum Gasteiger partial charge on any atom is -0.504 e. The molecule has 0 radical (unpaired) electrons. The number of phenols is 1. The maximum atomic E-state index is 13.2. The summed E-state index contributed by atoms with van der Waals surface area (Å²) in [7, 11) is 3.45. The molecule has 2 aromatic carbocycles. The second-order valence-electron chi connectivity index (χ2n) is 6.48. The van der Waals surface area contributed by atoms with Gasteiger partial charge in [0.1, 0.15) is 0 Å². The Kier molecular flexibility index (Phi) is 3.37. The van der Waals surface area contributed by atoms with Gasteiger partial charge < -0.3 is 19.6 Å². The van der Waals surface area contributed by atoms with Crippen LogP contribution >= 0.6 is 0 Å². The number of nitrogens with zero attached hydrogens (tertiary/aromatic N) is 2. The molecule has 2 aromatic rings. The first-order valence-corrected chi connectivity index (χ1v) is 8.08. The van der Waals surface area contributed by atoms with Gasteiger partial charge in [0.2, 0.25) is 0 Å². The number of hydrogen-bond donors (Lipinski definition) is 1. The molecule has 0 aromatic heterocycles. The molecular weight excluding hydrogens is 304 g/mol. The average molecular weight is 324 g/mol. The summed E-state index contributed by atoms with van der Waals surface area (Å²) in [6, 6.07) is 11.7. The number of carbonyl (C=O) groups excluding carboxylic acids is 1. The zero-order valence-electron chi connectivity index (χ0n) is 13.8. The predicted molar refractivity (Wildman–Crippen MR) is 91.7 cm³/mol. The molecule has 0 bridgehead atoms. The fraction of sp³-hybridized carbons (Fsp3) is 0.316. The Labute approximate surface area is 141 Å². The van der Waals surface area contributed by atoms with Gasteiger partial charge in [-0.2, -0.15) is 0 Å². The third-order valence-corrected chi connectivity index (χ3v) is 5.04. The van der Waals surface area contributed by atoms with Crippen LogP contribution in [0.25, 0.3) is 0 Å². The van der Waals surface area contributed by atoms with Crippen molar-refractivity contribution in [2.45, 2.75) is 19.0 Å². The summed E-state index contributed by atoms with van der Waals surface area (Å²) < 4.78 is 5.19. The van der Waals surface area contributed by atoms with Gasteiger partial charge >= 0.3 is 0 Å². The Bertz CT molecular complexity index is 818. The first-order valence-electron chi connectivity index (χ1n) is 8.08. The zero-order chi connectivity index (χ0) is 16.8. The summed E-state index contributed by atoms with van der Waals surface area (Å²) in [6.45, 7) is 1.36. The molecule has 2 aliphatic rings. The smallest absolute Gasteiger partial charge is 0.256 e. The molecule has 2 aliphatic heterocycles. The van der Waals surface area contributed by atoms with Crippen molar-refractivity contribution in [3.63, 3.8) is 0 Å². The van der Waals surface area contributed by atoms with Crippen molar-refractivity contribution in [1.82, 2.24) is 4.90 Å². The number of anilines is 1. The van der Waals surface area contributed by atoms with Gasteiger partial charge in [0.15, 0.2) is 11.5 Å². The zero-order valence-corrected chi connectivity index (χ0v) is 13.8. The molecule has 0 unspecified atom stereocenters. The molecule has 0 saturated heterocycles. The number of likely N-dealkylation sites (N-methyl/N-ethyl adjacent to an activating group) is 1. The van der Waals surface area contributed by atoms with Crippen LogP contribution in [0.3, 0.4) is 0 Å². The standard InChI is InChI=1S/C19H20N2O3/c1-20-11-14-7-12-5-3-4-6-13(12)10-21(14)19(23)15-8-18(24-2)17(22)9-16(15)20/h3-6,8-9,14,22H,7,10-11H2,1-2H3/t14-/m0/s1. The van der Waals surface area contributed by atoms with Crippen LogP contribution in [0.2, 0.25) is 0 Å². The fourth-order valence-corrected chi connectivity index (χ4v) is 3.77. The highest BCUT2D eigenvalue weighted by molar-refractivity contribution is 6.01. The van der Waals surface area contributed by atoms with Crippen molar-refractivity contribution >= 4 is 11.6 Å². The van der Waals surface area contributed by atoms with Gasteiger partial charge in [0.05, 0.1) is 24.4 Å². The van der Waals surface area contributed by atoms with E-state index in [2.05, 4.69) is 12.1 Å². The highest BCUT2D eigenvalue weighted by atomic mass is 16.5. The maximum absolute atomic E-state index is 13.2. The molecule has 24 heavy (non-hydrogen) atoms. The largest absolute Gasteiger partial charge is 0.504 e. The molecule has 124 valence electrons. The average Bonchev–Trinajstić information content (AvgIpc) is 2.68. The van der Waals surface area contributed by atoms with Crippen molar-refractivity contribution in [3.05, 3.63) is 53.1 Å². The molecule has 4 rings (SSSR count). The molecule has 1 amide bonds. The summed E-state index contributed by atoms with van der Waals surface area (Å²) in [4.78, 5) is 17.2. The van der Waals surface area contributed by atoms with Gasteiger partial charge in [-0.3, -0.25) is 4.79 Å². The number of hydrogen-bond acceptors (Lipinski definition) is 4. The number of aromatic hydroxyl groups is 1. The molecule has 5 nitrogen and oxygen atoms in total. The van der Waals surface area contributed by atoms with Gasteiger partial charge in [-0.25, -0.2) is 0 Å². The van der Waals surface area contributed by atoms with Crippen LogP contribution in [0, 0.1) is 0 Å². The van der Waals surface area contributed by atoms with Crippen molar-refractivity contribution in [2.75, 3.05) is 25.6 Å². The van der Waals surface area contributed by atoms with Crippen LogP contribution in [-0.2, 0) is 13.0 Å². The Balaban J connectivity index is 1.80. The minimum atomic E-state index is -0.00727. The van der Waals surface area contributed by atoms with E-state index in [1.54, 1.807) is 12.1 Å². The van der Waals surface area contributed by atoms with Gasteiger partial charge in [-0.1, -0.05) is 24.3 Å². The first kappa shape index (κ1) is 14.9. The van der Waals surface area contributed by atoms with E-state index in [1.165, 1.54) is 18.2 Å². The highest BCUT2D eigenvalue weighted by Gasteiger charge is 2.36. The summed E-state index contributed by atoms with van der Waals surface area (Å²) >= 11 is 0. The number of carbonyl (C=O) groups is 1. The Morgan fingerprint density at radius 2 is 1.96 bits per heavy atom. The molecular formula is C19H20N2O3. The second-order valence-corrected chi connectivity index (χ2v) is 6.48. The van der Waals surface area contributed by atoms with Crippen molar-refractivity contribution < 1.29 is 14.6 Å². The maximum Gasteiger partial charge on any atom is 0.256 e. The molecule has 2 heterocycles. The van der Waals surface area contributed by atoms with Crippen molar-refractivity contribution in [2.24, 2.45) is 0 Å². The van der Waals surface area contributed by atoms with Crippen molar-refractivity contribution in [3.8, 4) is 11.5 Å². The lowest BCUT2D eigenvalue weighted by molar-refractivity contribution is 0.0657. The van der Waals surface area contributed by atoms with Crippen molar-refractivity contribution in [1.29, 1.82) is 0 Å². The van der Waals surface area contributed by atoms with Crippen LogP contribution < -0.4 is 9.64 Å². The number of phenolic OH excluding ortho intramolecular Hbond substituents is 1. The van der Waals surface area contributed by atoms with Gasteiger partial charge in [0.25, 0.3) is 5.91 Å². The second kappa shape index (κ2) is 5.44. The Hall–Kier alpha value is -2.69. The van der Waals surface area contributed by atoms with Crippen LogP contribution in [0.1, 0.15) is 21.5 Å². The van der Waals surface area contributed by atoms with E-state index in [1.807, 2.05) is 29.0 Å². The van der Waals surface area contributed by atoms with E-state index in [-0.39, 0.29) is 17.7 Å². The lowest BCUT2D eigenvalue weighted by atomic mass is 9.93. The van der Waals surface area contributed by atoms with E-state index in [0.717, 1.165) is 18.7 Å². The quantitative estimate of drug-likeness (QED) is 0.875. The summed E-state index contributed by atoms with van der Waals surface area (Å²) in [5.41, 5.74) is 3.84. The Morgan fingerprint density at radius 1 is 1.21 bits per heavy atom. The number of fused-ring (bicyclic) bond motifs is 3. The molecule has 5 heteroatoms. The van der Waals surface area contributed by atoms with Crippen LogP contribution in [0.4, 0.5) is 5.69 Å². The van der Waals surface area contributed by atoms with E-state index >= 15 is 0 Å². The Morgan fingerprint density at radius 3 is 2.71 bits per heavy atom. The third-order valence-electron chi connectivity index (χ3n) is 5.04. The van der Waals surface area contributed by atoms with E-state index in [0.29, 0.717) is 17.9 Å². The highest BCUT2D eigenvalue weighted by Crippen LogP contribution is 2.38. The summed E-state index contributed by atoms with van der Waals surface area (Å²) in [6.07, 6.45) is 0.851. The van der Waals surface area contributed by atoms with Gasteiger partial charge in [-0.05, 0) is 23.6 Å². The van der Waals surface area contributed by atoms with Gasteiger partial charge in [-0.15, -0.1) is 0 Å².